The molecule has 0 aliphatic carbocycles. The molecule has 0 unspecified atom stereocenters. The van der Waals surface area contributed by atoms with Gasteiger partial charge in [-0.05, 0) is 30.7 Å². The van der Waals surface area contributed by atoms with Crippen molar-refractivity contribution in [3.8, 4) is 5.75 Å². The van der Waals surface area contributed by atoms with Gasteiger partial charge < -0.3 is 9.15 Å². The summed E-state index contributed by atoms with van der Waals surface area (Å²) in [4.78, 5) is 24.5. The van der Waals surface area contributed by atoms with Gasteiger partial charge in [-0.1, -0.05) is 24.7 Å². The number of nitrogens with zero attached hydrogens (tertiary/aromatic N) is 2. The van der Waals surface area contributed by atoms with Crippen molar-refractivity contribution in [1.29, 1.82) is 0 Å². The first-order valence-electron chi connectivity index (χ1n) is 7.86. The molecule has 2 heterocycles. The maximum absolute atomic E-state index is 12.4. The molecule has 8 heteroatoms. The Balaban J connectivity index is 1.84. The van der Waals surface area contributed by atoms with E-state index >= 15 is 0 Å². The third kappa shape index (κ3) is 3.85. The minimum Gasteiger partial charge on any atom is -0.497 e. The highest BCUT2D eigenvalue weighted by Gasteiger charge is 2.16. The standard InChI is InChI=1S/C17H17N3O4S/c1-3-4-5-14-19-20-17(25-14)18-15(21)12-9-10-8-11(23-2)6-7-13(10)24-16(12)22/h6-9H,3-5H2,1-2H3,(H,18,20,21). The van der Waals surface area contributed by atoms with Crippen LogP contribution >= 0.6 is 11.3 Å². The van der Waals surface area contributed by atoms with Crippen LogP contribution in [-0.4, -0.2) is 23.2 Å². The van der Waals surface area contributed by atoms with E-state index in [1.54, 1.807) is 25.3 Å². The van der Waals surface area contributed by atoms with Crippen molar-refractivity contribution in [2.24, 2.45) is 0 Å². The summed E-state index contributed by atoms with van der Waals surface area (Å²) in [6, 6.07) is 6.49. The number of hydrogen-bond acceptors (Lipinski definition) is 7. The van der Waals surface area contributed by atoms with E-state index in [4.69, 9.17) is 9.15 Å². The molecule has 0 spiro atoms. The predicted octanol–water partition coefficient (Wildman–Crippen LogP) is 3.25. The molecule has 1 N–H and O–H groups in total. The molecule has 1 aromatic carbocycles. The van der Waals surface area contributed by atoms with Gasteiger partial charge in [0, 0.05) is 11.8 Å². The number of aromatic nitrogens is 2. The lowest BCUT2D eigenvalue weighted by molar-refractivity contribution is 0.102. The number of nitrogens with one attached hydrogen (secondary N) is 1. The fourth-order valence-electron chi connectivity index (χ4n) is 2.28. The van der Waals surface area contributed by atoms with Gasteiger partial charge in [0.25, 0.3) is 5.91 Å². The third-order valence-corrected chi connectivity index (χ3v) is 4.51. The van der Waals surface area contributed by atoms with E-state index in [1.807, 2.05) is 0 Å². The number of unbranched alkanes of at least 4 members (excludes halogenated alkanes) is 1. The lowest BCUT2D eigenvalue weighted by Crippen LogP contribution is -2.20. The molecule has 25 heavy (non-hydrogen) atoms. The maximum atomic E-state index is 12.4. The molecule has 0 bridgehead atoms. The van der Waals surface area contributed by atoms with Gasteiger partial charge in [0.15, 0.2) is 0 Å². The van der Waals surface area contributed by atoms with Crippen LogP contribution in [0, 0.1) is 0 Å². The van der Waals surface area contributed by atoms with Crippen LogP contribution in [0.2, 0.25) is 0 Å². The lowest BCUT2D eigenvalue weighted by Gasteiger charge is -2.04. The van der Waals surface area contributed by atoms with E-state index < -0.39 is 11.5 Å². The van der Waals surface area contributed by atoms with Crippen LogP contribution in [0.25, 0.3) is 11.0 Å². The first-order valence-corrected chi connectivity index (χ1v) is 8.68. The van der Waals surface area contributed by atoms with Crippen molar-refractivity contribution in [2.45, 2.75) is 26.2 Å². The maximum Gasteiger partial charge on any atom is 0.349 e. The van der Waals surface area contributed by atoms with Gasteiger partial charge in [-0.15, -0.1) is 10.2 Å². The second-order valence-electron chi connectivity index (χ2n) is 5.41. The van der Waals surface area contributed by atoms with Crippen molar-refractivity contribution in [2.75, 3.05) is 12.4 Å². The summed E-state index contributed by atoms with van der Waals surface area (Å²) in [5.41, 5.74) is -0.405. The normalized spacial score (nSPS) is 10.8. The van der Waals surface area contributed by atoms with E-state index in [2.05, 4.69) is 22.4 Å². The fraction of sp³-hybridized carbons (Fsp3) is 0.294. The van der Waals surface area contributed by atoms with Crippen molar-refractivity contribution in [3.63, 3.8) is 0 Å². The molecule has 0 aliphatic rings. The number of aryl methyl sites for hydroxylation is 1. The van der Waals surface area contributed by atoms with E-state index in [9.17, 15) is 9.59 Å². The van der Waals surface area contributed by atoms with E-state index in [1.165, 1.54) is 17.4 Å². The van der Waals surface area contributed by atoms with E-state index in [0.29, 0.717) is 21.9 Å². The number of hydrogen-bond donors (Lipinski definition) is 1. The van der Waals surface area contributed by atoms with Crippen LogP contribution in [0.1, 0.15) is 35.1 Å². The summed E-state index contributed by atoms with van der Waals surface area (Å²) in [7, 11) is 1.54. The number of rotatable bonds is 6. The molecule has 0 saturated carbocycles. The molecular formula is C17H17N3O4S. The van der Waals surface area contributed by atoms with Crippen LogP contribution in [0.5, 0.6) is 5.75 Å². The quantitative estimate of drug-likeness (QED) is 0.679. The summed E-state index contributed by atoms with van der Waals surface area (Å²) in [5.74, 6) is 0.0362. The minimum absolute atomic E-state index is 0.0916. The van der Waals surface area contributed by atoms with Crippen molar-refractivity contribution < 1.29 is 13.9 Å². The fourth-order valence-corrected chi connectivity index (χ4v) is 3.06. The Morgan fingerprint density at radius 2 is 2.16 bits per heavy atom. The Labute approximate surface area is 147 Å². The summed E-state index contributed by atoms with van der Waals surface area (Å²) in [6.45, 7) is 2.09. The van der Waals surface area contributed by atoms with Gasteiger partial charge in [-0.3, -0.25) is 10.1 Å². The van der Waals surface area contributed by atoms with E-state index in [-0.39, 0.29) is 5.56 Å². The van der Waals surface area contributed by atoms with Crippen LogP contribution in [0.4, 0.5) is 5.13 Å². The van der Waals surface area contributed by atoms with Gasteiger partial charge in [0.2, 0.25) is 5.13 Å². The first-order chi connectivity index (χ1) is 12.1. The zero-order chi connectivity index (χ0) is 17.8. The molecule has 7 nitrogen and oxygen atoms in total. The monoisotopic (exact) mass is 359 g/mol. The SMILES string of the molecule is CCCCc1nnc(NC(=O)c2cc3cc(OC)ccc3oc2=O)s1. The molecule has 130 valence electrons. The Bertz CT molecular complexity index is 964. The van der Waals surface area contributed by atoms with E-state index in [0.717, 1.165) is 24.3 Å². The minimum atomic E-state index is -0.703. The van der Waals surface area contributed by atoms with Crippen LogP contribution in [-0.2, 0) is 6.42 Å². The Morgan fingerprint density at radius 3 is 2.92 bits per heavy atom. The highest BCUT2D eigenvalue weighted by Crippen LogP contribution is 2.21. The second kappa shape index (κ2) is 7.43. The number of fused-ring (bicyclic) bond motifs is 1. The molecule has 0 radical (unpaired) electrons. The summed E-state index contributed by atoms with van der Waals surface area (Å²) >= 11 is 1.30. The number of carbonyl (C=O) groups is 1. The van der Waals surface area contributed by atoms with Crippen molar-refractivity contribution in [3.05, 3.63) is 45.3 Å². The molecule has 0 atom stereocenters. The molecule has 0 aliphatic heterocycles. The molecular weight excluding hydrogens is 342 g/mol. The Hall–Kier alpha value is -2.74. The van der Waals surface area contributed by atoms with Crippen LogP contribution in [0.15, 0.2) is 33.5 Å². The van der Waals surface area contributed by atoms with Gasteiger partial charge >= 0.3 is 5.63 Å². The molecule has 1 amide bonds. The van der Waals surface area contributed by atoms with Gasteiger partial charge in [-0.2, -0.15) is 0 Å². The number of methoxy groups -OCH3 is 1. The summed E-state index contributed by atoms with van der Waals surface area (Å²) < 4.78 is 10.4. The van der Waals surface area contributed by atoms with Crippen LogP contribution < -0.4 is 15.7 Å². The second-order valence-corrected chi connectivity index (χ2v) is 6.47. The number of ether oxygens (including phenoxy) is 1. The smallest absolute Gasteiger partial charge is 0.349 e. The Kier molecular flexibility index (Phi) is 5.08. The Morgan fingerprint density at radius 1 is 1.32 bits per heavy atom. The number of benzene rings is 1. The predicted molar refractivity (Wildman–Crippen MR) is 95.5 cm³/mol. The largest absolute Gasteiger partial charge is 0.497 e. The van der Waals surface area contributed by atoms with Crippen molar-refractivity contribution in [1.82, 2.24) is 10.2 Å². The third-order valence-electron chi connectivity index (χ3n) is 3.62. The zero-order valence-corrected chi connectivity index (χ0v) is 14.7. The molecule has 0 saturated heterocycles. The average molecular weight is 359 g/mol. The van der Waals surface area contributed by atoms with Crippen LogP contribution in [0.3, 0.4) is 0 Å². The molecule has 3 aromatic rings. The van der Waals surface area contributed by atoms with Gasteiger partial charge in [-0.25, -0.2) is 4.79 Å². The first kappa shape index (κ1) is 17.1. The molecule has 2 aromatic heterocycles. The van der Waals surface area contributed by atoms with Gasteiger partial charge in [0.05, 0.1) is 7.11 Å². The number of anilines is 1. The highest BCUT2D eigenvalue weighted by atomic mass is 32.1. The summed E-state index contributed by atoms with van der Waals surface area (Å²) in [6.07, 6.45) is 2.89. The zero-order valence-electron chi connectivity index (χ0n) is 13.9. The van der Waals surface area contributed by atoms with Gasteiger partial charge in [0.1, 0.15) is 21.9 Å². The summed E-state index contributed by atoms with van der Waals surface area (Å²) in [5, 5.41) is 12.4. The number of amides is 1. The topological polar surface area (TPSA) is 94.3 Å². The lowest BCUT2D eigenvalue weighted by atomic mass is 10.1. The molecule has 0 fully saturated rings. The number of carbonyl (C=O) groups excluding carboxylic acids is 1. The van der Waals surface area contributed by atoms with Crippen molar-refractivity contribution >= 4 is 33.3 Å². The molecule has 3 rings (SSSR count). The average Bonchev–Trinajstić information content (AvgIpc) is 3.06. The highest BCUT2D eigenvalue weighted by molar-refractivity contribution is 7.15.